The lowest BCUT2D eigenvalue weighted by atomic mass is 10.3. The minimum absolute atomic E-state index is 0.000409. The summed E-state index contributed by atoms with van der Waals surface area (Å²) in [5.41, 5.74) is -0.157. The Hall–Kier alpha value is -3.62. The number of hydrogen-bond acceptors (Lipinski definition) is 5. The standard InChI is InChI=1S/C15H10FN5O3/c16-10-3-1-2-4-13(10)20-8-6-12(19-20)15(22)18-11-5-7-17-9-14(11)21(23)24/h1-9H,(H,17,18,22). The zero-order valence-electron chi connectivity index (χ0n) is 12.1. The van der Waals surface area contributed by atoms with Crippen LogP contribution in [0.25, 0.3) is 5.69 Å². The van der Waals surface area contributed by atoms with Crippen molar-refractivity contribution in [3.63, 3.8) is 0 Å². The lowest BCUT2D eigenvalue weighted by molar-refractivity contribution is -0.384. The van der Waals surface area contributed by atoms with Crippen LogP contribution in [0.15, 0.2) is 55.0 Å². The number of aromatic nitrogens is 3. The third kappa shape index (κ3) is 2.95. The molecule has 2 heterocycles. The van der Waals surface area contributed by atoms with Crippen molar-refractivity contribution in [1.29, 1.82) is 0 Å². The molecule has 0 spiro atoms. The van der Waals surface area contributed by atoms with Gasteiger partial charge in [0.25, 0.3) is 5.91 Å². The highest BCUT2D eigenvalue weighted by atomic mass is 19.1. The summed E-state index contributed by atoms with van der Waals surface area (Å²) >= 11 is 0. The molecule has 0 radical (unpaired) electrons. The van der Waals surface area contributed by atoms with Crippen molar-refractivity contribution in [2.45, 2.75) is 0 Å². The first kappa shape index (κ1) is 15.3. The largest absolute Gasteiger partial charge is 0.315 e. The number of nitro groups is 1. The van der Waals surface area contributed by atoms with E-state index in [1.165, 1.54) is 41.3 Å². The smallest absolute Gasteiger partial charge is 0.310 e. The lowest BCUT2D eigenvalue weighted by Gasteiger charge is -2.04. The molecule has 0 aliphatic carbocycles. The molecular formula is C15H10FN5O3. The van der Waals surface area contributed by atoms with Gasteiger partial charge in [-0.25, -0.2) is 9.07 Å². The van der Waals surface area contributed by atoms with E-state index in [2.05, 4.69) is 15.4 Å². The maximum Gasteiger partial charge on any atom is 0.310 e. The van der Waals surface area contributed by atoms with E-state index in [0.717, 1.165) is 6.20 Å². The molecule has 0 aliphatic heterocycles. The summed E-state index contributed by atoms with van der Waals surface area (Å²) in [6.07, 6.45) is 3.78. The van der Waals surface area contributed by atoms with Crippen molar-refractivity contribution >= 4 is 17.3 Å². The topological polar surface area (TPSA) is 103 Å². The normalized spacial score (nSPS) is 10.4. The molecule has 3 aromatic rings. The monoisotopic (exact) mass is 327 g/mol. The van der Waals surface area contributed by atoms with Crippen LogP contribution in [0, 0.1) is 15.9 Å². The molecule has 1 amide bonds. The maximum atomic E-state index is 13.7. The highest BCUT2D eigenvalue weighted by Crippen LogP contribution is 2.22. The number of hydrogen-bond donors (Lipinski definition) is 1. The fourth-order valence-corrected chi connectivity index (χ4v) is 2.04. The van der Waals surface area contributed by atoms with E-state index in [0.29, 0.717) is 0 Å². The van der Waals surface area contributed by atoms with E-state index >= 15 is 0 Å². The Balaban J connectivity index is 1.85. The highest BCUT2D eigenvalue weighted by molar-refractivity contribution is 6.03. The molecule has 0 aliphatic rings. The summed E-state index contributed by atoms with van der Waals surface area (Å²) < 4.78 is 14.9. The molecule has 0 bridgehead atoms. The second-order valence-electron chi connectivity index (χ2n) is 4.70. The lowest BCUT2D eigenvalue weighted by Crippen LogP contribution is -2.14. The summed E-state index contributed by atoms with van der Waals surface area (Å²) in [6.45, 7) is 0. The first-order chi connectivity index (χ1) is 11.6. The van der Waals surface area contributed by atoms with Crippen molar-refractivity contribution in [3.8, 4) is 5.69 Å². The third-order valence-corrected chi connectivity index (χ3v) is 3.17. The van der Waals surface area contributed by atoms with Crippen LogP contribution in [0.5, 0.6) is 0 Å². The van der Waals surface area contributed by atoms with Gasteiger partial charge in [-0.1, -0.05) is 12.1 Å². The molecule has 8 nitrogen and oxygen atoms in total. The van der Waals surface area contributed by atoms with E-state index in [9.17, 15) is 19.3 Å². The molecule has 24 heavy (non-hydrogen) atoms. The molecule has 3 rings (SSSR count). The van der Waals surface area contributed by atoms with Crippen LogP contribution >= 0.6 is 0 Å². The Morgan fingerprint density at radius 2 is 2.04 bits per heavy atom. The molecule has 9 heteroatoms. The zero-order chi connectivity index (χ0) is 17.1. The molecule has 0 atom stereocenters. The van der Waals surface area contributed by atoms with Crippen LogP contribution in [0.3, 0.4) is 0 Å². The van der Waals surface area contributed by atoms with Crippen molar-refractivity contribution in [3.05, 3.63) is 76.6 Å². The average Bonchev–Trinajstić information content (AvgIpc) is 3.05. The number of halogens is 1. The fourth-order valence-electron chi connectivity index (χ4n) is 2.04. The Labute approximate surface area is 134 Å². The first-order valence-corrected chi connectivity index (χ1v) is 6.76. The Bertz CT molecular complexity index is 925. The minimum atomic E-state index is -0.653. The number of benzene rings is 1. The number of nitrogens with zero attached hydrogens (tertiary/aromatic N) is 4. The van der Waals surface area contributed by atoms with Gasteiger partial charge in [0.15, 0.2) is 5.69 Å². The quantitative estimate of drug-likeness (QED) is 0.586. The van der Waals surface area contributed by atoms with Crippen molar-refractivity contribution < 1.29 is 14.1 Å². The van der Waals surface area contributed by atoms with Gasteiger partial charge in [-0.3, -0.25) is 19.9 Å². The van der Waals surface area contributed by atoms with Crippen LogP contribution < -0.4 is 5.32 Å². The van der Waals surface area contributed by atoms with Crippen LogP contribution in [-0.4, -0.2) is 25.6 Å². The number of anilines is 1. The molecule has 0 saturated carbocycles. The van der Waals surface area contributed by atoms with Crippen molar-refractivity contribution in [2.75, 3.05) is 5.32 Å². The second kappa shape index (κ2) is 6.24. The van der Waals surface area contributed by atoms with Gasteiger partial charge < -0.3 is 5.32 Å². The van der Waals surface area contributed by atoms with E-state index < -0.39 is 16.6 Å². The maximum absolute atomic E-state index is 13.7. The van der Waals surface area contributed by atoms with Crippen LogP contribution in [0.1, 0.15) is 10.5 Å². The van der Waals surface area contributed by atoms with Gasteiger partial charge in [0.1, 0.15) is 23.4 Å². The average molecular weight is 327 g/mol. The molecule has 120 valence electrons. The molecule has 2 aromatic heterocycles. The van der Waals surface area contributed by atoms with E-state index in [-0.39, 0.29) is 22.8 Å². The molecule has 1 N–H and O–H groups in total. The van der Waals surface area contributed by atoms with Crippen LogP contribution in [-0.2, 0) is 0 Å². The number of para-hydroxylation sites is 1. The summed E-state index contributed by atoms with van der Waals surface area (Å²) in [6, 6.07) is 8.66. The first-order valence-electron chi connectivity index (χ1n) is 6.76. The van der Waals surface area contributed by atoms with Gasteiger partial charge in [0.2, 0.25) is 0 Å². The van der Waals surface area contributed by atoms with E-state index in [1.54, 1.807) is 12.1 Å². The van der Waals surface area contributed by atoms with E-state index in [1.807, 2.05) is 0 Å². The minimum Gasteiger partial charge on any atom is -0.315 e. The number of amides is 1. The van der Waals surface area contributed by atoms with Crippen molar-refractivity contribution in [1.82, 2.24) is 14.8 Å². The van der Waals surface area contributed by atoms with Crippen LogP contribution in [0.2, 0.25) is 0 Å². The summed E-state index contributed by atoms with van der Waals surface area (Å²) in [7, 11) is 0. The predicted molar refractivity (Wildman–Crippen MR) is 82.4 cm³/mol. The van der Waals surface area contributed by atoms with Gasteiger partial charge in [-0.05, 0) is 24.3 Å². The van der Waals surface area contributed by atoms with Gasteiger partial charge in [-0.15, -0.1) is 0 Å². The number of rotatable bonds is 4. The number of pyridine rings is 1. The third-order valence-electron chi connectivity index (χ3n) is 3.17. The zero-order valence-corrected chi connectivity index (χ0v) is 12.1. The SMILES string of the molecule is O=C(Nc1ccncc1[N+](=O)[O-])c1ccn(-c2ccccc2F)n1. The molecule has 1 aromatic carbocycles. The van der Waals surface area contributed by atoms with Crippen molar-refractivity contribution in [2.24, 2.45) is 0 Å². The second-order valence-corrected chi connectivity index (χ2v) is 4.70. The molecular weight excluding hydrogens is 317 g/mol. The molecule has 0 unspecified atom stereocenters. The number of carbonyl (C=O) groups is 1. The number of nitrogens with one attached hydrogen (secondary N) is 1. The summed E-state index contributed by atoms with van der Waals surface area (Å²) in [4.78, 5) is 26.1. The van der Waals surface area contributed by atoms with Gasteiger partial charge in [0.05, 0.1) is 4.92 Å². The molecule has 0 fully saturated rings. The van der Waals surface area contributed by atoms with Gasteiger partial charge in [0, 0.05) is 12.4 Å². The Morgan fingerprint density at radius 1 is 1.25 bits per heavy atom. The van der Waals surface area contributed by atoms with Gasteiger partial charge >= 0.3 is 5.69 Å². The predicted octanol–water partition coefficient (Wildman–Crippen LogP) is 2.57. The highest BCUT2D eigenvalue weighted by Gasteiger charge is 2.18. The van der Waals surface area contributed by atoms with Crippen LogP contribution in [0.4, 0.5) is 15.8 Å². The Kier molecular flexibility index (Phi) is 3.98. The number of carbonyl (C=O) groups excluding carboxylic acids is 1. The summed E-state index contributed by atoms with van der Waals surface area (Å²) in [5, 5.41) is 17.3. The van der Waals surface area contributed by atoms with Gasteiger partial charge in [-0.2, -0.15) is 5.10 Å². The fraction of sp³-hybridized carbons (Fsp3) is 0. The Morgan fingerprint density at radius 3 is 2.79 bits per heavy atom. The summed E-state index contributed by atoms with van der Waals surface area (Å²) in [5.74, 6) is -1.14. The molecule has 0 saturated heterocycles. The van der Waals surface area contributed by atoms with E-state index in [4.69, 9.17) is 0 Å².